The van der Waals surface area contributed by atoms with Crippen LogP contribution < -0.4 is 0 Å². The van der Waals surface area contributed by atoms with Crippen LogP contribution in [-0.4, -0.2) is 30.0 Å². The summed E-state index contributed by atoms with van der Waals surface area (Å²) in [6.45, 7) is 1.44. The van der Waals surface area contributed by atoms with E-state index in [1.54, 1.807) is 4.90 Å². The van der Waals surface area contributed by atoms with E-state index >= 15 is 0 Å². The lowest BCUT2D eigenvalue weighted by atomic mass is 10.1. The molecule has 1 aliphatic heterocycles. The van der Waals surface area contributed by atoms with Crippen molar-refractivity contribution in [1.82, 2.24) is 4.90 Å². The summed E-state index contributed by atoms with van der Waals surface area (Å²) in [7, 11) is 0. The second-order valence-corrected chi connectivity index (χ2v) is 4.41. The van der Waals surface area contributed by atoms with Crippen LogP contribution in [0, 0.1) is 11.3 Å². The highest BCUT2D eigenvalue weighted by atomic mass is 19.3. The van der Waals surface area contributed by atoms with E-state index in [0.717, 1.165) is 32.6 Å². The molecule has 0 aromatic rings. The van der Waals surface area contributed by atoms with Gasteiger partial charge in [0.1, 0.15) is 0 Å². The molecule has 15 heavy (non-hydrogen) atoms. The molecule has 0 aromatic heterocycles. The molecule has 0 radical (unpaired) electrons. The number of likely N-dealkylation sites (tertiary alicyclic amines) is 1. The zero-order valence-corrected chi connectivity index (χ0v) is 9.18. The van der Waals surface area contributed by atoms with Gasteiger partial charge in [-0.15, -0.1) is 0 Å². The summed E-state index contributed by atoms with van der Waals surface area (Å²) in [5.41, 5.74) is 0. The third-order valence-corrected chi connectivity index (χ3v) is 2.81. The Morgan fingerprint density at radius 3 is 2.73 bits per heavy atom. The van der Waals surface area contributed by atoms with Gasteiger partial charge in [-0.25, -0.2) is 8.78 Å². The Balaban J connectivity index is 2.58. The number of nitriles is 1. The molecule has 0 aromatic carbocycles. The lowest BCUT2D eigenvalue weighted by molar-refractivity contribution is -0.0248. The Kier molecular flexibility index (Phi) is 4.46. The van der Waals surface area contributed by atoms with Crippen LogP contribution in [0.4, 0.5) is 8.78 Å². The Labute approximate surface area is 89.9 Å². The molecule has 0 bridgehead atoms. The first-order valence-electron chi connectivity index (χ1n) is 5.52. The summed E-state index contributed by atoms with van der Waals surface area (Å²) in [6, 6.07) is 2.13. The predicted molar refractivity (Wildman–Crippen MR) is 54.7 cm³/mol. The summed E-state index contributed by atoms with van der Waals surface area (Å²) in [4.78, 5) is 1.79. The average Bonchev–Trinajstić information content (AvgIpc) is 2.30. The van der Waals surface area contributed by atoms with Gasteiger partial charge < -0.3 is 0 Å². The topological polar surface area (TPSA) is 27.0 Å². The van der Waals surface area contributed by atoms with Gasteiger partial charge in [0.15, 0.2) is 0 Å². The summed E-state index contributed by atoms with van der Waals surface area (Å²) in [5.74, 6) is -2.65. The molecule has 0 saturated carbocycles. The van der Waals surface area contributed by atoms with E-state index in [1.807, 2.05) is 0 Å². The first-order chi connectivity index (χ1) is 7.03. The van der Waals surface area contributed by atoms with Crippen molar-refractivity contribution < 1.29 is 8.78 Å². The number of nitrogens with zero attached hydrogens (tertiary/aromatic N) is 2. The molecule has 4 heteroatoms. The zero-order chi connectivity index (χ0) is 11.3. The van der Waals surface area contributed by atoms with Crippen LogP contribution in [0.2, 0.25) is 0 Å². The molecule has 0 amide bonds. The van der Waals surface area contributed by atoms with Gasteiger partial charge in [0.25, 0.3) is 5.92 Å². The van der Waals surface area contributed by atoms with Crippen LogP contribution in [0.3, 0.4) is 0 Å². The van der Waals surface area contributed by atoms with E-state index in [0.29, 0.717) is 13.0 Å². The van der Waals surface area contributed by atoms with Crippen LogP contribution >= 0.6 is 0 Å². The van der Waals surface area contributed by atoms with Gasteiger partial charge >= 0.3 is 0 Å². The van der Waals surface area contributed by atoms with Crippen LogP contribution in [0.1, 0.15) is 39.0 Å². The number of rotatable bonds is 3. The van der Waals surface area contributed by atoms with Crippen LogP contribution in [-0.2, 0) is 0 Å². The van der Waals surface area contributed by atoms with Crippen molar-refractivity contribution in [3.05, 3.63) is 0 Å². The highest BCUT2D eigenvalue weighted by molar-refractivity contribution is 4.86. The standard InChI is InChI=1S/C11H18F2N2/c1-11(12,13)9-15-8-4-2-3-5-10(15)6-7-14/h10H,2-6,8-9H2,1H3. The quantitative estimate of drug-likeness (QED) is 0.725. The smallest absolute Gasteiger partial charge is 0.257 e. The van der Waals surface area contributed by atoms with Gasteiger partial charge in [0, 0.05) is 13.0 Å². The molecule has 0 N–H and O–H groups in total. The van der Waals surface area contributed by atoms with Crippen molar-refractivity contribution in [3.63, 3.8) is 0 Å². The molecular weight excluding hydrogens is 198 g/mol. The molecular formula is C11H18F2N2. The normalized spacial score (nSPS) is 24.5. The van der Waals surface area contributed by atoms with Crippen LogP contribution in [0.25, 0.3) is 0 Å². The molecule has 1 unspecified atom stereocenters. The molecule has 1 aliphatic rings. The van der Waals surface area contributed by atoms with Gasteiger partial charge in [-0.3, -0.25) is 4.90 Å². The fourth-order valence-corrected chi connectivity index (χ4v) is 2.14. The highest BCUT2D eigenvalue weighted by Gasteiger charge is 2.30. The van der Waals surface area contributed by atoms with Gasteiger partial charge in [-0.1, -0.05) is 12.8 Å². The van der Waals surface area contributed by atoms with Crippen molar-refractivity contribution in [2.24, 2.45) is 0 Å². The SMILES string of the molecule is CC(F)(F)CN1CCCCCC1CC#N. The summed E-state index contributed by atoms with van der Waals surface area (Å²) in [5, 5.41) is 8.66. The number of halogens is 2. The number of hydrogen-bond acceptors (Lipinski definition) is 2. The molecule has 0 spiro atoms. The lowest BCUT2D eigenvalue weighted by Crippen LogP contribution is -2.41. The predicted octanol–water partition coefficient (Wildman–Crippen LogP) is 2.80. The molecule has 86 valence electrons. The second kappa shape index (κ2) is 5.41. The van der Waals surface area contributed by atoms with E-state index in [9.17, 15) is 8.78 Å². The average molecular weight is 216 g/mol. The number of alkyl halides is 2. The fraction of sp³-hybridized carbons (Fsp3) is 0.909. The molecule has 1 rings (SSSR count). The van der Waals surface area contributed by atoms with E-state index in [4.69, 9.17) is 5.26 Å². The first-order valence-corrected chi connectivity index (χ1v) is 5.52. The van der Waals surface area contributed by atoms with Crippen LogP contribution in [0.5, 0.6) is 0 Å². The minimum atomic E-state index is -2.65. The van der Waals surface area contributed by atoms with Crippen LogP contribution in [0.15, 0.2) is 0 Å². The maximum Gasteiger partial charge on any atom is 0.257 e. The molecule has 0 aliphatic carbocycles. The Hall–Kier alpha value is -0.690. The van der Waals surface area contributed by atoms with Crippen molar-refractivity contribution in [2.75, 3.05) is 13.1 Å². The molecule has 2 nitrogen and oxygen atoms in total. The monoisotopic (exact) mass is 216 g/mol. The molecule has 1 heterocycles. The summed E-state index contributed by atoms with van der Waals surface area (Å²) in [6.07, 6.45) is 4.36. The van der Waals surface area contributed by atoms with E-state index in [-0.39, 0.29) is 12.6 Å². The maximum absolute atomic E-state index is 12.9. The van der Waals surface area contributed by atoms with Crippen molar-refractivity contribution >= 4 is 0 Å². The van der Waals surface area contributed by atoms with Crippen molar-refractivity contribution in [2.45, 2.75) is 51.0 Å². The van der Waals surface area contributed by atoms with E-state index < -0.39 is 5.92 Å². The molecule has 1 saturated heterocycles. The minimum absolute atomic E-state index is 0.0309. The van der Waals surface area contributed by atoms with Gasteiger partial charge in [-0.2, -0.15) is 5.26 Å². The molecule has 1 atom stereocenters. The second-order valence-electron chi connectivity index (χ2n) is 4.41. The fourth-order valence-electron chi connectivity index (χ4n) is 2.14. The summed E-state index contributed by atoms with van der Waals surface area (Å²) < 4.78 is 25.9. The minimum Gasteiger partial charge on any atom is -0.293 e. The largest absolute Gasteiger partial charge is 0.293 e. The first kappa shape index (κ1) is 12.4. The third-order valence-electron chi connectivity index (χ3n) is 2.81. The highest BCUT2D eigenvalue weighted by Crippen LogP contribution is 2.23. The Morgan fingerprint density at radius 1 is 1.40 bits per heavy atom. The lowest BCUT2D eigenvalue weighted by Gasteiger charge is -2.30. The maximum atomic E-state index is 12.9. The number of hydrogen-bond donors (Lipinski definition) is 0. The molecule has 1 fully saturated rings. The Bertz CT molecular complexity index is 230. The van der Waals surface area contributed by atoms with E-state index in [2.05, 4.69) is 6.07 Å². The third kappa shape index (κ3) is 4.57. The van der Waals surface area contributed by atoms with Gasteiger partial charge in [0.05, 0.1) is 19.0 Å². The van der Waals surface area contributed by atoms with E-state index in [1.165, 1.54) is 0 Å². The Morgan fingerprint density at radius 2 is 2.13 bits per heavy atom. The van der Waals surface area contributed by atoms with Gasteiger partial charge in [0.2, 0.25) is 0 Å². The summed E-state index contributed by atoms with van der Waals surface area (Å²) >= 11 is 0. The van der Waals surface area contributed by atoms with Crippen molar-refractivity contribution in [1.29, 1.82) is 5.26 Å². The van der Waals surface area contributed by atoms with Gasteiger partial charge in [-0.05, 0) is 19.4 Å². The zero-order valence-electron chi connectivity index (χ0n) is 9.18. The van der Waals surface area contributed by atoms with Crippen molar-refractivity contribution in [3.8, 4) is 6.07 Å².